The van der Waals surface area contributed by atoms with Crippen molar-refractivity contribution in [1.82, 2.24) is 15.0 Å². The van der Waals surface area contributed by atoms with Gasteiger partial charge < -0.3 is 0 Å². The number of hydrogen-bond donors (Lipinski definition) is 0. The van der Waals surface area contributed by atoms with Gasteiger partial charge in [0.05, 0.1) is 16.6 Å². The van der Waals surface area contributed by atoms with E-state index in [9.17, 15) is 18.0 Å². The van der Waals surface area contributed by atoms with Crippen LogP contribution in [0.3, 0.4) is 0 Å². The quantitative estimate of drug-likeness (QED) is 0.682. The first-order chi connectivity index (χ1) is 10.5. The minimum absolute atomic E-state index is 0.130. The highest BCUT2D eigenvalue weighted by Crippen LogP contribution is 2.34. The number of nitrogens with zero attached hydrogens (tertiary/aromatic N) is 3. The first-order valence-electron chi connectivity index (χ1n) is 6.23. The molecular weight excluding hydrogens is 295 g/mol. The number of alkyl halides is 3. The summed E-state index contributed by atoms with van der Waals surface area (Å²) in [5.41, 5.74) is -0.792. The third-order valence-corrected chi connectivity index (χ3v) is 3.14. The van der Waals surface area contributed by atoms with Crippen LogP contribution < -0.4 is 0 Å². The summed E-state index contributed by atoms with van der Waals surface area (Å²) >= 11 is 0. The molecule has 0 saturated heterocycles. The number of hydrogen-bond acceptors (Lipinski definition) is 4. The van der Waals surface area contributed by atoms with Crippen molar-refractivity contribution in [2.45, 2.75) is 6.18 Å². The molecule has 0 unspecified atom stereocenters. The summed E-state index contributed by atoms with van der Waals surface area (Å²) < 4.78 is 39.1. The fourth-order valence-corrected chi connectivity index (χ4v) is 2.17. The van der Waals surface area contributed by atoms with Gasteiger partial charge in [0.2, 0.25) is 0 Å². The smallest absolute Gasteiger partial charge is 0.288 e. The van der Waals surface area contributed by atoms with Gasteiger partial charge in [0.1, 0.15) is 6.33 Å². The molecule has 0 N–H and O–H groups in total. The molecule has 22 heavy (non-hydrogen) atoms. The van der Waals surface area contributed by atoms with Crippen LogP contribution in [0.2, 0.25) is 0 Å². The number of aromatic nitrogens is 3. The summed E-state index contributed by atoms with van der Waals surface area (Å²) in [6.07, 6.45) is 0.548. The molecule has 0 radical (unpaired) electrons. The molecule has 0 aliphatic rings. The monoisotopic (exact) mass is 303 g/mol. The van der Waals surface area contributed by atoms with Crippen molar-refractivity contribution in [3.8, 4) is 0 Å². The van der Waals surface area contributed by atoms with Crippen LogP contribution in [0.15, 0.2) is 49.2 Å². The number of carbonyl (C=O) groups excluding carboxylic acids is 1. The Morgan fingerprint density at radius 2 is 1.77 bits per heavy atom. The van der Waals surface area contributed by atoms with E-state index < -0.39 is 17.5 Å². The summed E-state index contributed by atoms with van der Waals surface area (Å²) in [6.45, 7) is 0. The molecule has 0 spiro atoms. The van der Waals surface area contributed by atoms with Crippen molar-refractivity contribution in [3.63, 3.8) is 0 Å². The average molecular weight is 303 g/mol. The van der Waals surface area contributed by atoms with Gasteiger partial charge in [-0.2, -0.15) is 13.2 Å². The largest absolute Gasteiger partial charge is 0.418 e. The van der Waals surface area contributed by atoms with E-state index in [1.165, 1.54) is 43.1 Å². The topological polar surface area (TPSA) is 55.7 Å². The molecule has 0 atom stereocenters. The van der Waals surface area contributed by atoms with Gasteiger partial charge >= 0.3 is 6.18 Å². The third-order valence-electron chi connectivity index (χ3n) is 3.14. The molecule has 0 aliphatic heterocycles. The van der Waals surface area contributed by atoms with Crippen LogP contribution in [0.25, 0.3) is 10.9 Å². The van der Waals surface area contributed by atoms with Gasteiger partial charge in [0, 0.05) is 29.5 Å². The van der Waals surface area contributed by atoms with Crippen molar-refractivity contribution in [2.75, 3.05) is 0 Å². The molecule has 0 saturated carbocycles. The maximum absolute atomic E-state index is 13.0. The molecule has 1 aromatic carbocycles. The predicted octanol–water partition coefficient (Wildman–Crippen LogP) is 3.27. The third kappa shape index (κ3) is 2.41. The molecule has 3 rings (SSSR count). The van der Waals surface area contributed by atoms with Gasteiger partial charge in [-0.3, -0.25) is 9.78 Å². The molecule has 0 bridgehead atoms. The minimum Gasteiger partial charge on any atom is -0.288 e. The van der Waals surface area contributed by atoms with Crippen molar-refractivity contribution < 1.29 is 18.0 Å². The molecule has 4 nitrogen and oxygen atoms in total. The summed E-state index contributed by atoms with van der Waals surface area (Å²) in [5, 5.41) is 0.145. The summed E-state index contributed by atoms with van der Waals surface area (Å²) in [6, 6.07) is 5.02. The van der Waals surface area contributed by atoms with Crippen LogP contribution in [0.4, 0.5) is 13.2 Å². The second kappa shape index (κ2) is 5.18. The Bertz CT molecular complexity index is 848. The zero-order valence-electron chi connectivity index (χ0n) is 11.0. The van der Waals surface area contributed by atoms with Crippen molar-refractivity contribution in [2.24, 2.45) is 0 Å². The lowest BCUT2D eigenvalue weighted by molar-refractivity contribution is -0.136. The van der Waals surface area contributed by atoms with Crippen LogP contribution in [0, 0.1) is 0 Å². The van der Waals surface area contributed by atoms with Gasteiger partial charge in [0.25, 0.3) is 0 Å². The summed E-state index contributed by atoms with van der Waals surface area (Å²) in [7, 11) is 0. The van der Waals surface area contributed by atoms with Gasteiger partial charge in [-0.1, -0.05) is 12.1 Å². The Morgan fingerprint density at radius 3 is 2.45 bits per heavy atom. The lowest BCUT2D eigenvalue weighted by Crippen LogP contribution is -2.09. The van der Waals surface area contributed by atoms with Crippen molar-refractivity contribution in [1.29, 1.82) is 0 Å². The normalized spacial score (nSPS) is 11.6. The number of rotatable bonds is 2. The zero-order chi connectivity index (χ0) is 15.7. The SMILES string of the molecule is O=C(c1cncnc1)c1ccnc2c(C(F)(F)F)cccc12. The number of pyridine rings is 1. The first kappa shape index (κ1) is 14.1. The average Bonchev–Trinajstić information content (AvgIpc) is 2.53. The first-order valence-corrected chi connectivity index (χ1v) is 6.23. The molecule has 2 aromatic heterocycles. The van der Waals surface area contributed by atoms with Crippen LogP contribution in [-0.4, -0.2) is 20.7 Å². The number of halogens is 3. The number of para-hydroxylation sites is 1. The molecular formula is C15H8F3N3O. The lowest BCUT2D eigenvalue weighted by atomic mass is 9.99. The Kier molecular flexibility index (Phi) is 3.32. The highest BCUT2D eigenvalue weighted by atomic mass is 19.4. The van der Waals surface area contributed by atoms with Gasteiger partial charge in [0.15, 0.2) is 5.78 Å². The van der Waals surface area contributed by atoms with Crippen LogP contribution in [0.5, 0.6) is 0 Å². The summed E-state index contributed by atoms with van der Waals surface area (Å²) in [4.78, 5) is 23.7. The van der Waals surface area contributed by atoms with E-state index in [1.807, 2.05) is 0 Å². The molecule has 0 fully saturated rings. The summed E-state index contributed by atoms with van der Waals surface area (Å²) in [5.74, 6) is -0.452. The highest BCUT2D eigenvalue weighted by Gasteiger charge is 2.33. The number of benzene rings is 1. The van der Waals surface area contributed by atoms with E-state index in [0.29, 0.717) is 0 Å². The van der Waals surface area contributed by atoms with E-state index in [1.54, 1.807) is 0 Å². The van der Waals surface area contributed by atoms with Gasteiger partial charge in [-0.15, -0.1) is 0 Å². The highest BCUT2D eigenvalue weighted by molar-refractivity contribution is 6.15. The second-order valence-electron chi connectivity index (χ2n) is 4.51. The van der Waals surface area contributed by atoms with E-state index in [4.69, 9.17) is 0 Å². The Morgan fingerprint density at radius 1 is 1.05 bits per heavy atom. The van der Waals surface area contributed by atoms with Crippen molar-refractivity contribution in [3.05, 3.63) is 65.9 Å². The fourth-order valence-electron chi connectivity index (χ4n) is 2.17. The van der Waals surface area contributed by atoms with Gasteiger partial charge in [-0.25, -0.2) is 9.97 Å². The molecule has 7 heteroatoms. The maximum Gasteiger partial charge on any atom is 0.418 e. The maximum atomic E-state index is 13.0. The number of ketones is 1. The number of carbonyl (C=O) groups is 1. The van der Waals surface area contributed by atoms with Crippen LogP contribution in [-0.2, 0) is 6.18 Å². The molecule has 0 amide bonds. The Balaban J connectivity index is 2.23. The lowest BCUT2D eigenvalue weighted by Gasteiger charge is -2.11. The van der Waals surface area contributed by atoms with E-state index >= 15 is 0 Å². The number of fused-ring (bicyclic) bond motifs is 1. The Labute approximate surface area is 122 Å². The molecule has 0 aliphatic carbocycles. The minimum atomic E-state index is -4.54. The van der Waals surface area contributed by atoms with Crippen LogP contribution in [0.1, 0.15) is 21.5 Å². The molecule has 3 aromatic rings. The second-order valence-corrected chi connectivity index (χ2v) is 4.51. The van der Waals surface area contributed by atoms with E-state index in [2.05, 4.69) is 15.0 Å². The van der Waals surface area contributed by atoms with E-state index in [-0.39, 0.29) is 22.0 Å². The Hall–Kier alpha value is -2.83. The molecule has 110 valence electrons. The zero-order valence-corrected chi connectivity index (χ0v) is 11.0. The fraction of sp³-hybridized carbons (Fsp3) is 0.0667. The van der Waals surface area contributed by atoms with Crippen molar-refractivity contribution >= 4 is 16.7 Å². The predicted molar refractivity (Wildman–Crippen MR) is 72.2 cm³/mol. The van der Waals surface area contributed by atoms with E-state index in [0.717, 1.165) is 6.07 Å². The standard InChI is InChI=1S/C15H8F3N3O/c16-15(17,18)12-3-1-2-10-11(4-5-21-13(10)12)14(22)9-6-19-8-20-7-9/h1-8H. The van der Waals surface area contributed by atoms with Crippen LogP contribution >= 0.6 is 0 Å². The molecule has 2 heterocycles. The van der Waals surface area contributed by atoms with Gasteiger partial charge in [-0.05, 0) is 12.1 Å².